The Labute approximate surface area is 105 Å². The molecule has 1 aromatic carbocycles. The normalized spacial score (nSPS) is 11.3. The number of hydrogen-bond acceptors (Lipinski definition) is 0. The quantitative estimate of drug-likeness (QED) is 0.639. The van der Waals surface area contributed by atoms with E-state index >= 15 is 0 Å². The van der Waals surface area contributed by atoms with Gasteiger partial charge in [0.05, 0.1) is 0 Å². The predicted molar refractivity (Wildman–Crippen MR) is 63.0 cm³/mol. The van der Waals surface area contributed by atoms with E-state index in [1.165, 1.54) is 0 Å². The van der Waals surface area contributed by atoms with E-state index < -0.39 is 9.67 Å². The van der Waals surface area contributed by atoms with Crippen molar-refractivity contribution in [2.75, 3.05) is 0 Å². The maximum absolute atomic E-state index is 5.73. The molecule has 0 atom stereocenters. The molecule has 0 aromatic heterocycles. The lowest BCUT2D eigenvalue weighted by Gasteiger charge is -2.10. The standard InChI is InChI=1S/C8H5BrCl4/c9-6-4(7(10)11)2-1-3-5(6)8(12)13/h1-3,7-8H. The second-order valence-electron chi connectivity index (χ2n) is 2.35. The monoisotopic (exact) mass is 320 g/mol. The van der Waals surface area contributed by atoms with Crippen molar-refractivity contribution in [2.45, 2.75) is 9.67 Å². The Hall–Kier alpha value is 0.860. The largest absolute Gasteiger partial charge is 0.133 e. The van der Waals surface area contributed by atoms with E-state index in [2.05, 4.69) is 15.9 Å². The first kappa shape index (κ1) is 11.9. The molecule has 0 radical (unpaired) electrons. The van der Waals surface area contributed by atoms with E-state index in [1.54, 1.807) is 0 Å². The molecule has 72 valence electrons. The molecule has 0 aliphatic carbocycles. The van der Waals surface area contributed by atoms with Gasteiger partial charge in [0.15, 0.2) is 0 Å². The Morgan fingerprint density at radius 2 is 1.31 bits per heavy atom. The molecule has 1 rings (SSSR count). The Bertz CT molecular complexity index is 272. The molecule has 0 saturated carbocycles. The fourth-order valence-corrected chi connectivity index (χ4v) is 2.88. The first-order chi connectivity index (χ1) is 6.04. The van der Waals surface area contributed by atoms with Crippen molar-refractivity contribution in [3.8, 4) is 0 Å². The van der Waals surface area contributed by atoms with Crippen LogP contribution in [0.5, 0.6) is 0 Å². The third-order valence-corrected chi connectivity index (χ3v) is 3.38. The fraction of sp³-hybridized carbons (Fsp3) is 0.250. The van der Waals surface area contributed by atoms with Crippen molar-refractivity contribution in [3.05, 3.63) is 33.8 Å². The molecule has 0 spiro atoms. The van der Waals surface area contributed by atoms with Gasteiger partial charge in [-0.2, -0.15) is 0 Å². The minimum atomic E-state index is -0.582. The summed E-state index contributed by atoms with van der Waals surface area (Å²) >= 11 is 26.3. The van der Waals surface area contributed by atoms with Gasteiger partial charge < -0.3 is 0 Å². The lowest BCUT2D eigenvalue weighted by atomic mass is 10.1. The van der Waals surface area contributed by atoms with Crippen molar-refractivity contribution in [2.24, 2.45) is 0 Å². The number of rotatable bonds is 2. The number of benzene rings is 1. The lowest BCUT2D eigenvalue weighted by molar-refractivity contribution is 1.23. The summed E-state index contributed by atoms with van der Waals surface area (Å²) in [4.78, 5) is -1.16. The van der Waals surface area contributed by atoms with Crippen molar-refractivity contribution in [1.82, 2.24) is 0 Å². The lowest BCUT2D eigenvalue weighted by Crippen LogP contribution is -1.90. The van der Waals surface area contributed by atoms with Gasteiger partial charge in [0, 0.05) is 4.47 Å². The number of hydrogen-bond donors (Lipinski definition) is 0. The maximum atomic E-state index is 5.73. The minimum Gasteiger partial charge on any atom is -0.100 e. The van der Waals surface area contributed by atoms with Crippen LogP contribution in [0, 0.1) is 0 Å². The zero-order valence-corrected chi connectivity index (χ0v) is 10.9. The summed E-state index contributed by atoms with van der Waals surface area (Å²) in [6, 6.07) is 5.44. The second kappa shape index (κ2) is 5.09. The molecule has 0 fully saturated rings. The summed E-state index contributed by atoms with van der Waals surface area (Å²) in [5.41, 5.74) is 1.54. The topological polar surface area (TPSA) is 0 Å². The van der Waals surface area contributed by atoms with Gasteiger partial charge in [0.25, 0.3) is 0 Å². The third kappa shape index (κ3) is 2.90. The molecule has 0 nitrogen and oxygen atoms in total. The fourth-order valence-electron chi connectivity index (χ4n) is 0.906. The molecule has 13 heavy (non-hydrogen) atoms. The summed E-state index contributed by atoms with van der Waals surface area (Å²) in [6.45, 7) is 0. The molecule has 0 saturated heterocycles. The molecule has 0 aliphatic rings. The van der Waals surface area contributed by atoms with Gasteiger partial charge in [-0.05, 0) is 11.1 Å². The third-order valence-electron chi connectivity index (χ3n) is 1.53. The zero-order valence-electron chi connectivity index (χ0n) is 6.28. The van der Waals surface area contributed by atoms with E-state index in [0.717, 1.165) is 15.6 Å². The van der Waals surface area contributed by atoms with Crippen LogP contribution in [0.4, 0.5) is 0 Å². The highest BCUT2D eigenvalue weighted by Gasteiger charge is 2.14. The van der Waals surface area contributed by atoms with Gasteiger partial charge in [0.1, 0.15) is 9.67 Å². The molecule has 0 amide bonds. The average molecular weight is 323 g/mol. The second-order valence-corrected chi connectivity index (χ2v) is 5.34. The summed E-state index contributed by atoms with van der Waals surface area (Å²) in [5, 5.41) is 0. The summed E-state index contributed by atoms with van der Waals surface area (Å²) in [7, 11) is 0. The molecule has 0 N–H and O–H groups in total. The van der Waals surface area contributed by atoms with Crippen LogP contribution in [0.2, 0.25) is 0 Å². The van der Waals surface area contributed by atoms with E-state index in [0.29, 0.717) is 0 Å². The van der Waals surface area contributed by atoms with Crippen molar-refractivity contribution in [1.29, 1.82) is 0 Å². The summed E-state index contributed by atoms with van der Waals surface area (Å²) in [6.07, 6.45) is 0. The Kier molecular flexibility index (Phi) is 4.67. The summed E-state index contributed by atoms with van der Waals surface area (Å²) in [5.74, 6) is 0. The number of alkyl halides is 4. The molecule has 0 heterocycles. The van der Waals surface area contributed by atoms with Crippen LogP contribution in [0.1, 0.15) is 20.8 Å². The highest BCUT2D eigenvalue weighted by Crippen LogP contribution is 2.38. The van der Waals surface area contributed by atoms with Crippen molar-refractivity contribution >= 4 is 62.3 Å². The van der Waals surface area contributed by atoms with Crippen LogP contribution in [0.25, 0.3) is 0 Å². The van der Waals surface area contributed by atoms with Gasteiger partial charge in [-0.3, -0.25) is 0 Å². The van der Waals surface area contributed by atoms with Gasteiger partial charge in [0.2, 0.25) is 0 Å². The smallest absolute Gasteiger partial charge is 0.100 e. The SMILES string of the molecule is ClC(Cl)c1cccc(C(Cl)Cl)c1Br. The van der Waals surface area contributed by atoms with Gasteiger partial charge in [-0.1, -0.05) is 34.1 Å². The average Bonchev–Trinajstić information content (AvgIpc) is 2.03. The zero-order chi connectivity index (χ0) is 10.0. The summed E-state index contributed by atoms with van der Waals surface area (Å²) < 4.78 is 0.764. The van der Waals surface area contributed by atoms with Crippen LogP contribution in [0.3, 0.4) is 0 Å². The Balaban J connectivity index is 3.18. The molecule has 0 unspecified atom stereocenters. The van der Waals surface area contributed by atoms with E-state index in [1.807, 2.05) is 18.2 Å². The highest BCUT2D eigenvalue weighted by atomic mass is 79.9. The van der Waals surface area contributed by atoms with Crippen molar-refractivity contribution < 1.29 is 0 Å². The van der Waals surface area contributed by atoms with Gasteiger partial charge in [-0.25, -0.2) is 0 Å². The first-order valence-electron chi connectivity index (χ1n) is 3.38. The molecular formula is C8H5BrCl4. The van der Waals surface area contributed by atoms with E-state index in [-0.39, 0.29) is 0 Å². The van der Waals surface area contributed by atoms with Gasteiger partial charge in [-0.15, -0.1) is 46.4 Å². The van der Waals surface area contributed by atoms with Crippen LogP contribution in [-0.2, 0) is 0 Å². The molecule has 1 aromatic rings. The van der Waals surface area contributed by atoms with Crippen LogP contribution >= 0.6 is 62.3 Å². The van der Waals surface area contributed by atoms with Crippen LogP contribution < -0.4 is 0 Å². The first-order valence-corrected chi connectivity index (χ1v) is 5.92. The van der Waals surface area contributed by atoms with Crippen LogP contribution in [-0.4, -0.2) is 0 Å². The van der Waals surface area contributed by atoms with Crippen LogP contribution in [0.15, 0.2) is 22.7 Å². The van der Waals surface area contributed by atoms with Crippen molar-refractivity contribution in [3.63, 3.8) is 0 Å². The minimum absolute atomic E-state index is 0.582. The molecular weight excluding hydrogens is 318 g/mol. The molecule has 0 aliphatic heterocycles. The van der Waals surface area contributed by atoms with E-state index in [4.69, 9.17) is 46.4 Å². The van der Waals surface area contributed by atoms with E-state index in [9.17, 15) is 0 Å². The van der Waals surface area contributed by atoms with Gasteiger partial charge >= 0.3 is 0 Å². The molecule has 5 heteroatoms. The highest BCUT2D eigenvalue weighted by molar-refractivity contribution is 9.10. The molecule has 0 bridgehead atoms. The number of halogens is 5. The Morgan fingerprint density at radius 3 is 1.62 bits per heavy atom. The predicted octanol–water partition coefficient (Wildman–Crippen LogP) is 5.40. The Morgan fingerprint density at radius 1 is 0.923 bits per heavy atom. The maximum Gasteiger partial charge on any atom is 0.133 e.